The highest BCUT2D eigenvalue weighted by atomic mass is 35.5. The van der Waals surface area contributed by atoms with Gasteiger partial charge in [0.05, 0.1) is 39.3 Å². The standard InChI is InChI=1S/C35H33ClN6O8/c1-4-40(5-2)25-14-11-23(12-15-25)19-29(38-34(43)27-9-7-8-10-28(27)36)35(44)39-37-22-24-13-17-32(33(20-24)49-6-3)50-31-18-16-26(41(45)46)21-30(31)42(47)48/h7-22H,4-6H2,1-3H3,(H,38,43)(H,39,44)/b29-19+,37-22+. The Morgan fingerprint density at radius 2 is 1.54 bits per heavy atom. The summed E-state index contributed by atoms with van der Waals surface area (Å²) in [5, 5.41) is 29.5. The number of hydrazone groups is 1. The van der Waals surface area contributed by atoms with Crippen molar-refractivity contribution in [3.05, 3.63) is 133 Å². The van der Waals surface area contributed by atoms with Crippen molar-refractivity contribution in [2.45, 2.75) is 20.8 Å². The Labute approximate surface area is 292 Å². The van der Waals surface area contributed by atoms with E-state index in [4.69, 9.17) is 21.1 Å². The number of carbonyl (C=O) groups excluding carboxylic acids is 2. The van der Waals surface area contributed by atoms with Crippen LogP contribution in [-0.4, -0.2) is 47.6 Å². The second-order valence-electron chi connectivity index (χ2n) is 10.4. The number of halogens is 1. The molecular formula is C35H33ClN6O8. The summed E-state index contributed by atoms with van der Waals surface area (Å²) in [7, 11) is 0. The van der Waals surface area contributed by atoms with E-state index in [0.717, 1.165) is 37.0 Å². The number of nitrogens with one attached hydrogen (secondary N) is 2. The highest BCUT2D eigenvalue weighted by molar-refractivity contribution is 6.34. The molecular weight excluding hydrogens is 668 g/mol. The zero-order valence-electron chi connectivity index (χ0n) is 27.3. The molecule has 15 heteroatoms. The van der Waals surface area contributed by atoms with Crippen LogP contribution >= 0.6 is 11.6 Å². The maximum absolute atomic E-state index is 13.3. The van der Waals surface area contributed by atoms with Gasteiger partial charge >= 0.3 is 5.69 Å². The minimum absolute atomic E-state index is 0.0916. The van der Waals surface area contributed by atoms with Gasteiger partial charge in [-0.1, -0.05) is 35.9 Å². The molecule has 2 N–H and O–H groups in total. The number of non-ortho nitro benzene ring substituents is 1. The number of nitro groups is 2. The minimum atomic E-state index is -0.784. The Balaban J connectivity index is 1.57. The van der Waals surface area contributed by atoms with Crippen LogP contribution in [0.2, 0.25) is 5.02 Å². The van der Waals surface area contributed by atoms with E-state index in [1.165, 1.54) is 30.5 Å². The Kier molecular flexibility index (Phi) is 12.6. The van der Waals surface area contributed by atoms with Gasteiger partial charge in [-0.2, -0.15) is 5.10 Å². The third-order valence-corrected chi connectivity index (χ3v) is 7.49. The number of rotatable bonds is 15. The topological polar surface area (TPSA) is 179 Å². The molecule has 4 rings (SSSR count). The SMILES string of the molecule is CCOc1cc(/C=N/NC(=O)/C(=C\c2ccc(N(CC)CC)cc2)NC(=O)c2ccccc2Cl)ccc1Oc1ccc([N+](=O)[O-])cc1[N+](=O)[O-]. The van der Waals surface area contributed by atoms with Gasteiger partial charge in [0.2, 0.25) is 5.75 Å². The molecule has 0 aromatic heterocycles. The predicted octanol–water partition coefficient (Wildman–Crippen LogP) is 7.11. The lowest BCUT2D eigenvalue weighted by molar-refractivity contribution is -0.394. The van der Waals surface area contributed by atoms with Crippen LogP contribution in [0, 0.1) is 20.2 Å². The summed E-state index contributed by atoms with van der Waals surface area (Å²) in [6, 6.07) is 21.5. The normalized spacial score (nSPS) is 11.2. The van der Waals surface area contributed by atoms with Crippen LogP contribution in [-0.2, 0) is 4.79 Å². The molecule has 50 heavy (non-hydrogen) atoms. The van der Waals surface area contributed by atoms with Crippen LogP contribution in [0.5, 0.6) is 17.2 Å². The fourth-order valence-electron chi connectivity index (χ4n) is 4.68. The molecule has 0 atom stereocenters. The Morgan fingerprint density at radius 3 is 2.18 bits per heavy atom. The number of hydrogen-bond donors (Lipinski definition) is 2. The summed E-state index contributed by atoms with van der Waals surface area (Å²) >= 11 is 6.22. The van der Waals surface area contributed by atoms with Crippen LogP contribution in [0.4, 0.5) is 17.1 Å². The van der Waals surface area contributed by atoms with Crippen molar-refractivity contribution in [2.24, 2.45) is 5.10 Å². The molecule has 0 aliphatic rings. The zero-order chi connectivity index (χ0) is 36.2. The number of hydrogen-bond acceptors (Lipinski definition) is 10. The minimum Gasteiger partial charge on any atom is -0.490 e. The van der Waals surface area contributed by atoms with Crippen LogP contribution in [0.25, 0.3) is 6.08 Å². The summed E-state index contributed by atoms with van der Waals surface area (Å²) in [5.41, 5.74) is 3.56. The Bertz CT molecular complexity index is 1940. The summed E-state index contributed by atoms with van der Waals surface area (Å²) in [4.78, 5) is 49.7. The number of nitro benzene ring substituents is 2. The first-order valence-corrected chi connectivity index (χ1v) is 15.8. The third-order valence-electron chi connectivity index (χ3n) is 7.16. The first-order chi connectivity index (χ1) is 24.0. The van der Waals surface area contributed by atoms with Crippen molar-refractivity contribution < 1.29 is 28.9 Å². The van der Waals surface area contributed by atoms with Crippen molar-refractivity contribution in [3.8, 4) is 17.2 Å². The lowest BCUT2D eigenvalue weighted by atomic mass is 10.1. The number of benzene rings is 4. The Hall–Kier alpha value is -6.28. The van der Waals surface area contributed by atoms with Gasteiger partial charge in [-0.15, -0.1) is 0 Å². The van der Waals surface area contributed by atoms with Gasteiger partial charge in [0.25, 0.3) is 17.5 Å². The first-order valence-electron chi connectivity index (χ1n) is 15.4. The molecule has 4 aromatic rings. The molecule has 0 aliphatic heterocycles. The molecule has 0 radical (unpaired) electrons. The number of ether oxygens (including phenoxy) is 2. The molecule has 0 bridgehead atoms. The van der Waals surface area contributed by atoms with E-state index in [9.17, 15) is 29.8 Å². The molecule has 258 valence electrons. The van der Waals surface area contributed by atoms with Crippen LogP contribution in [0.15, 0.2) is 95.7 Å². The molecule has 0 unspecified atom stereocenters. The highest BCUT2D eigenvalue weighted by Crippen LogP contribution is 2.38. The predicted molar refractivity (Wildman–Crippen MR) is 190 cm³/mol. The van der Waals surface area contributed by atoms with Gasteiger partial charge in [0, 0.05) is 24.8 Å². The average Bonchev–Trinajstić information content (AvgIpc) is 3.10. The number of nitrogens with zero attached hydrogens (tertiary/aromatic N) is 4. The summed E-state index contributed by atoms with van der Waals surface area (Å²) < 4.78 is 11.4. The first kappa shape index (κ1) is 36.6. The van der Waals surface area contributed by atoms with Gasteiger partial charge in [-0.3, -0.25) is 29.8 Å². The smallest absolute Gasteiger partial charge is 0.318 e. The van der Waals surface area contributed by atoms with E-state index in [2.05, 4.69) is 34.6 Å². The van der Waals surface area contributed by atoms with E-state index in [0.29, 0.717) is 11.1 Å². The van der Waals surface area contributed by atoms with E-state index in [1.54, 1.807) is 31.2 Å². The largest absolute Gasteiger partial charge is 0.490 e. The number of anilines is 1. The third kappa shape index (κ3) is 9.41. The van der Waals surface area contributed by atoms with Crippen molar-refractivity contribution in [1.82, 2.24) is 10.7 Å². The second-order valence-corrected chi connectivity index (χ2v) is 10.8. The molecule has 14 nitrogen and oxygen atoms in total. The monoisotopic (exact) mass is 700 g/mol. The van der Waals surface area contributed by atoms with Crippen molar-refractivity contribution in [2.75, 3.05) is 24.6 Å². The highest BCUT2D eigenvalue weighted by Gasteiger charge is 2.22. The molecule has 0 heterocycles. The van der Waals surface area contributed by atoms with Gasteiger partial charge in [0.15, 0.2) is 11.5 Å². The molecule has 0 saturated carbocycles. The number of amides is 2. The fraction of sp³-hybridized carbons (Fsp3) is 0.171. The summed E-state index contributed by atoms with van der Waals surface area (Å²) in [6.07, 6.45) is 2.84. The molecule has 0 fully saturated rings. The van der Waals surface area contributed by atoms with Gasteiger partial charge < -0.3 is 19.7 Å². The molecule has 0 aliphatic carbocycles. The van der Waals surface area contributed by atoms with Crippen LogP contribution in [0.3, 0.4) is 0 Å². The van der Waals surface area contributed by atoms with Crippen molar-refractivity contribution in [1.29, 1.82) is 0 Å². The summed E-state index contributed by atoms with van der Waals surface area (Å²) in [6.45, 7) is 7.71. The fourth-order valence-corrected chi connectivity index (χ4v) is 4.90. The van der Waals surface area contributed by atoms with Gasteiger partial charge in [0.1, 0.15) is 5.70 Å². The van der Waals surface area contributed by atoms with Crippen LogP contribution < -0.4 is 25.1 Å². The lowest BCUT2D eigenvalue weighted by Gasteiger charge is -2.21. The van der Waals surface area contributed by atoms with E-state index in [1.807, 2.05) is 24.3 Å². The second kappa shape index (κ2) is 17.2. The van der Waals surface area contributed by atoms with Crippen LogP contribution in [0.1, 0.15) is 42.3 Å². The lowest BCUT2D eigenvalue weighted by Crippen LogP contribution is -2.33. The molecule has 0 saturated heterocycles. The molecule has 2 amide bonds. The van der Waals surface area contributed by atoms with E-state index >= 15 is 0 Å². The van der Waals surface area contributed by atoms with Crippen molar-refractivity contribution >= 4 is 52.8 Å². The van der Waals surface area contributed by atoms with Gasteiger partial charge in [-0.25, -0.2) is 5.43 Å². The summed E-state index contributed by atoms with van der Waals surface area (Å²) in [5.74, 6) is -1.24. The Morgan fingerprint density at radius 1 is 0.860 bits per heavy atom. The molecule has 0 spiro atoms. The zero-order valence-corrected chi connectivity index (χ0v) is 28.0. The number of carbonyl (C=O) groups is 2. The quantitative estimate of drug-likeness (QED) is 0.0565. The molecule has 4 aromatic carbocycles. The maximum Gasteiger partial charge on any atom is 0.318 e. The van der Waals surface area contributed by atoms with Crippen molar-refractivity contribution in [3.63, 3.8) is 0 Å². The van der Waals surface area contributed by atoms with E-state index < -0.39 is 33.0 Å². The van der Waals surface area contributed by atoms with Gasteiger partial charge in [-0.05, 0) is 86.5 Å². The maximum atomic E-state index is 13.3. The average molecular weight is 701 g/mol. The van der Waals surface area contributed by atoms with E-state index in [-0.39, 0.29) is 40.1 Å².